The molecule has 0 spiro atoms. The Morgan fingerprint density at radius 2 is 1.08 bits per heavy atom. The average Bonchev–Trinajstić information content (AvgIpc) is 3.67. The molecule has 9 aromatic rings. The topological polar surface area (TPSA) is 38.0 Å². The summed E-state index contributed by atoms with van der Waals surface area (Å²) in [6, 6.07) is 56.8. The van der Waals surface area contributed by atoms with Crippen LogP contribution in [-0.4, -0.2) is 9.13 Å². The molecule has 48 heavy (non-hydrogen) atoms. The summed E-state index contributed by atoms with van der Waals surface area (Å²) in [4.78, 5) is 3.69. The van der Waals surface area contributed by atoms with Crippen LogP contribution in [0, 0.1) is 17.9 Å². The second kappa shape index (κ2) is 10.9. The fraction of sp³-hybridized carbons (Fsp3) is 0. The third-order valence-electron chi connectivity index (χ3n) is 9.37. The Bertz CT molecular complexity index is 2750. The van der Waals surface area contributed by atoms with Crippen molar-refractivity contribution in [3.63, 3.8) is 0 Å². The van der Waals surface area contributed by atoms with Gasteiger partial charge in [-0.3, -0.25) is 0 Å². The minimum atomic E-state index is 0.622. The van der Waals surface area contributed by atoms with Crippen molar-refractivity contribution in [2.45, 2.75) is 0 Å². The maximum absolute atomic E-state index is 9.90. The van der Waals surface area contributed by atoms with E-state index >= 15 is 0 Å². The van der Waals surface area contributed by atoms with E-state index in [0.29, 0.717) is 11.3 Å². The monoisotopic (exact) mass is 610 g/mol. The molecule has 0 aliphatic carbocycles. The van der Waals surface area contributed by atoms with Gasteiger partial charge in [-0.2, -0.15) is 5.26 Å². The predicted octanol–water partition coefficient (Wildman–Crippen LogP) is 11.6. The van der Waals surface area contributed by atoms with Gasteiger partial charge >= 0.3 is 0 Å². The van der Waals surface area contributed by atoms with Crippen molar-refractivity contribution in [3.05, 3.63) is 175 Å². The zero-order valence-corrected chi connectivity index (χ0v) is 25.8. The van der Waals surface area contributed by atoms with Crippen LogP contribution in [0.5, 0.6) is 0 Å². The highest BCUT2D eigenvalue weighted by Gasteiger charge is 2.17. The zero-order chi connectivity index (χ0) is 32.2. The van der Waals surface area contributed by atoms with Crippen molar-refractivity contribution in [2.75, 3.05) is 0 Å². The van der Waals surface area contributed by atoms with E-state index in [2.05, 4.69) is 154 Å². The molecule has 4 nitrogen and oxygen atoms in total. The Morgan fingerprint density at radius 1 is 0.479 bits per heavy atom. The van der Waals surface area contributed by atoms with E-state index in [9.17, 15) is 5.26 Å². The lowest BCUT2D eigenvalue weighted by Crippen LogP contribution is -1.98. The molecule has 2 heterocycles. The molecule has 0 amide bonds. The highest BCUT2D eigenvalue weighted by atomic mass is 15.0. The lowest BCUT2D eigenvalue weighted by atomic mass is 9.96. The van der Waals surface area contributed by atoms with Gasteiger partial charge in [0.1, 0.15) is 0 Å². The van der Waals surface area contributed by atoms with Crippen molar-refractivity contribution in [3.8, 4) is 39.7 Å². The lowest BCUT2D eigenvalue weighted by molar-refractivity contribution is 1.18. The highest BCUT2D eigenvalue weighted by Crippen LogP contribution is 2.38. The Hall–Kier alpha value is -6.88. The molecule has 0 fully saturated rings. The first-order chi connectivity index (χ1) is 23.7. The number of aromatic nitrogens is 2. The van der Waals surface area contributed by atoms with Crippen LogP contribution < -0.4 is 0 Å². The zero-order valence-electron chi connectivity index (χ0n) is 25.8. The minimum Gasteiger partial charge on any atom is -0.311 e. The molecule has 0 aliphatic heterocycles. The Balaban J connectivity index is 1.17. The molecule has 0 aliphatic rings. The molecule has 0 radical (unpaired) electrons. The molecular weight excluding hydrogens is 585 g/mol. The molecule has 0 unspecified atom stereocenters. The first kappa shape index (κ1) is 27.4. The number of para-hydroxylation sites is 3. The SMILES string of the molecule is [C-]#[N+]c1ccc2c3ccccc3n(-c3ccc(-c4cccc(-c5cc(C#N)ccc5-n5c6ccccc6c6ccccc65)c4)cc3)c2c1. The molecular formula is C44H26N4. The van der Waals surface area contributed by atoms with E-state index in [-0.39, 0.29) is 0 Å². The van der Waals surface area contributed by atoms with Gasteiger partial charge in [-0.1, -0.05) is 97.1 Å². The highest BCUT2D eigenvalue weighted by molar-refractivity contribution is 6.11. The quantitative estimate of drug-likeness (QED) is 0.183. The van der Waals surface area contributed by atoms with Gasteiger partial charge < -0.3 is 9.13 Å². The van der Waals surface area contributed by atoms with Gasteiger partial charge in [-0.25, -0.2) is 4.85 Å². The fourth-order valence-corrected chi connectivity index (χ4v) is 7.19. The third kappa shape index (κ3) is 4.22. The van der Waals surface area contributed by atoms with Crippen LogP contribution in [0.15, 0.2) is 158 Å². The van der Waals surface area contributed by atoms with Crippen LogP contribution in [-0.2, 0) is 0 Å². The van der Waals surface area contributed by atoms with E-state index in [1.54, 1.807) is 0 Å². The third-order valence-corrected chi connectivity index (χ3v) is 9.37. The summed E-state index contributed by atoms with van der Waals surface area (Å²) in [5.74, 6) is 0. The number of nitrogens with zero attached hydrogens (tertiary/aromatic N) is 4. The standard InChI is InChI=1S/C44H26N4/c1-46-33-20-23-38-37-13-2-5-14-40(37)47(44(38)27-33)34-21-18-30(19-22-34)31-9-8-10-32(26-31)39-25-29(28-45)17-24-43(39)48-41-15-6-3-11-35(41)36-12-4-7-16-42(36)48/h2-27H. The van der Waals surface area contributed by atoms with Crippen LogP contribution in [0.4, 0.5) is 5.69 Å². The van der Waals surface area contributed by atoms with Crippen LogP contribution >= 0.6 is 0 Å². The molecule has 0 N–H and O–H groups in total. The van der Waals surface area contributed by atoms with Gasteiger partial charge in [0.15, 0.2) is 5.69 Å². The van der Waals surface area contributed by atoms with Crippen LogP contribution in [0.2, 0.25) is 0 Å². The number of fused-ring (bicyclic) bond motifs is 6. The lowest BCUT2D eigenvalue weighted by Gasteiger charge is -2.15. The summed E-state index contributed by atoms with van der Waals surface area (Å²) in [5, 5.41) is 14.6. The van der Waals surface area contributed by atoms with E-state index in [0.717, 1.165) is 61.1 Å². The summed E-state index contributed by atoms with van der Waals surface area (Å²) >= 11 is 0. The maximum atomic E-state index is 9.90. The average molecular weight is 611 g/mol. The largest absolute Gasteiger partial charge is 0.311 e. The second-order valence-corrected chi connectivity index (χ2v) is 12.0. The normalized spacial score (nSPS) is 11.3. The van der Waals surface area contributed by atoms with Gasteiger partial charge in [0.25, 0.3) is 0 Å². The summed E-state index contributed by atoms with van der Waals surface area (Å²) in [5.41, 5.74) is 11.9. The van der Waals surface area contributed by atoms with E-state index in [1.807, 2.05) is 24.3 Å². The Kier molecular flexibility index (Phi) is 6.22. The molecule has 4 heteroatoms. The minimum absolute atomic E-state index is 0.622. The number of hydrogen-bond donors (Lipinski definition) is 0. The number of nitriles is 1. The number of hydrogen-bond acceptors (Lipinski definition) is 1. The summed E-state index contributed by atoms with van der Waals surface area (Å²) in [7, 11) is 0. The van der Waals surface area contributed by atoms with Crippen LogP contribution in [0.1, 0.15) is 5.56 Å². The van der Waals surface area contributed by atoms with Gasteiger partial charge in [0.2, 0.25) is 0 Å². The van der Waals surface area contributed by atoms with Crippen molar-refractivity contribution in [1.82, 2.24) is 9.13 Å². The van der Waals surface area contributed by atoms with Gasteiger partial charge in [-0.05, 0) is 77.4 Å². The maximum Gasteiger partial charge on any atom is 0.189 e. The van der Waals surface area contributed by atoms with E-state index in [4.69, 9.17) is 6.57 Å². The van der Waals surface area contributed by atoms with Crippen molar-refractivity contribution >= 4 is 49.3 Å². The molecule has 0 atom stereocenters. The summed E-state index contributed by atoms with van der Waals surface area (Å²) in [6.07, 6.45) is 0. The van der Waals surface area contributed by atoms with E-state index < -0.39 is 0 Å². The van der Waals surface area contributed by atoms with E-state index in [1.165, 1.54) is 16.2 Å². The first-order valence-corrected chi connectivity index (χ1v) is 15.9. The van der Waals surface area contributed by atoms with Crippen molar-refractivity contribution < 1.29 is 0 Å². The first-order valence-electron chi connectivity index (χ1n) is 15.9. The molecule has 0 bridgehead atoms. The Labute approximate surface area is 277 Å². The van der Waals surface area contributed by atoms with Crippen molar-refractivity contribution in [1.29, 1.82) is 5.26 Å². The van der Waals surface area contributed by atoms with Crippen LogP contribution in [0.3, 0.4) is 0 Å². The number of benzene rings is 7. The molecule has 7 aromatic carbocycles. The molecule has 0 saturated carbocycles. The molecule has 0 saturated heterocycles. The molecule has 222 valence electrons. The smallest absolute Gasteiger partial charge is 0.189 e. The van der Waals surface area contributed by atoms with Gasteiger partial charge in [0.05, 0.1) is 40.4 Å². The van der Waals surface area contributed by atoms with Gasteiger partial charge in [0, 0.05) is 38.3 Å². The van der Waals surface area contributed by atoms with Crippen LogP contribution in [0.25, 0.3) is 82.1 Å². The number of rotatable bonds is 4. The van der Waals surface area contributed by atoms with Crippen molar-refractivity contribution in [2.24, 2.45) is 0 Å². The predicted molar refractivity (Wildman–Crippen MR) is 197 cm³/mol. The Morgan fingerprint density at radius 3 is 1.73 bits per heavy atom. The summed E-state index contributed by atoms with van der Waals surface area (Å²) < 4.78 is 4.55. The molecule has 9 rings (SSSR count). The fourth-order valence-electron chi connectivity index (χ4n) is 7.19. The van der Waals surface area contributed by atoms with Gasteiger partial charge in [-0.15, -0.1) is 0 Å². The molecule has 2 aromatic heterocycles. The second-order valence-electron chi connectivity index (χ2n) is 12.0. The summed E-state index contributed by atoms with van der Waals surface area (Å²) in [6.45, 7) is 7.58.